The number of hydroxylamine groups is 3. The first-order valence-electron chi connectivity index (χ1n) is 5.73. The van der Waals surface area contributed by atoms with E-state index in [2.05, 4.69) is 6.92 Å². The molecule has 2 heteroatoms. The molecule has 0 bridgehead atoms. The minimum atomic E-state index is 0.0217. The van der Waals surface area contributed by atoms with Crippen molar-refractivity contribution >= 4 is 0 Å². The number of nitrogens with zero attached hydrogens (tertiary/aromatic N) is 1. The second kappa shape index (κ2) is 4.97. The van der Waals surface area contributed by atoms with Gasteiger partial charge in [-0.1, -0.05) is 19.8 Å². The zero-order valence-corrected chi connectivity index (χ0v) is 9.09. The summed E-state index contributed by atoms with van der Waals surface area (Å²) < 4.78 is 0.0217. The Labute approximate surface area is 82.1 Å². The Morgan fingerprint density at radius 3 is 2.38 bits per heavy atom. The molecule has 1 aliphatic rings. The molecule has 0 aromatic carbocycles. The first-order valence-corrected chi connectivity index (χ1v) is 5.73. The summed E-state index contributed by atoms with van der Waals surface area (Å²) in [4.78, 5) is 0. The van der Waals surface area contributed by atoms with Gasteiger partial charge in [-0.2, -0.15) is 0 Å². The average Bonchev–Trinajstić information content (AvgIpc) is 2.16. The van der Waals surface area contributed by atoms with Gasteiger partial charge in [0.2, 0.25) is 0 Å². The molecule has 1 fully saturated rings. The summed E-state index contributed by atoms with van der Waals surface area (Å²) in [5.41, 5.74) is 0. The van der Waals surface area contributed by atoms with E-state index in [1.807, 2.05) is 7.05 Å². The molecule has 0 N–H and O–H groups in total. The Kier molecular flexibility index (Phi) is 4.20. The van der Waals surface area contributed by atoms with Gasteiger partial charge in [-0.05, 0) is 32.1 Å². The SMILES string of the molecule is CCCC[N+](C)([O-])C1CCCCC1. The molecule has 0 amide bonds. The van der Waals surface area contributed by atoms with Crippen LogP contribution in [-0.2, 0) is 0 Å². The van der Waals surface area contributed by atoms with Crippen LogP contribution in [0, 0.1) is 5.21 Å². The Balaban J connectivity index is 2.36. The Bertz CT molecular complexity index is 139. The molecule has 1 unspecified atom stereocenters. The van der Waals surface area contributed by atoms with Crippen LogP contribution in [0.2, 0.25) is 0 Å². The Morgan fingerprint density at radius 2 is 1.85 bits per heavy atom. The molecule has 0 saturated heterocycles. The van der Waals surface area contributed by atoms with E-state index in [1.165, 1.54) is 19.3 Å². The third-order valence-electron chi connectivity index (χ3n) is 3.30. The van der Waals surface area contributed by atoms with Crippen LogP contribution >= 0.6 is 0 Å². The second-order valence-electron chi connectivity index (χ2n) is 4.54. The van der Waals surface area contributed by atoms with Gasteiger partial charge in [-0.3, -0.25) is 0 Å². The Morgan fingerprint density at radius 1 is 1.23 bits per heavy atom. The maximum Gasteiger partial charge on any atom is 0.0885 e. The zero-order chi connectivity index (χ0) is 9.73. The lowest BCUT2D eigenvalue weighted by Gasteiger charge is -2.47. The van der Waals surface area contributed by atoms with Crippen molar-refractivity contribution < 1.29 is 4.65 Å². The van der Waals surface area contributed by atoms with E-state index in [0.29, 0.717) is 6.04 Å². The fourth-order valence-electron chi connectivity index (χ4n) is 2.28. The highest BCUT2D eigenvalue weighted by atomic mass is 16.5. The molecule has 1 saturated carbocycles. The fraction of sp³-hybridized carbons (Fsp3) is 1.00. The van der Waals surface area contributed by atoms with E-state index in [-0.39, 0.29) is 4.65 Å². The van der Waals surface area contributed by atoms with E-state index >= 15 is 0 Å². The van der Waals surface area contributed by atoms with Gasteiger partial charge < -0.3 is 9.85 Å². The zero-order valence-electron chi connectivity index (χ0n) is 9.09. The molecule has 13 heavy (non-hydrogen) atoms. The minimum Gasteiger partial charge on any atom is -0.633 e. The van der Waals surface area contributed by atoms with E-state index in [9.17, 15) is 5.21 Å². The summed E-state index contributed by atoms with van der Waals surface area (Å²) in [6, 6.07) is 0.403. The smallest absolute Gasteiger partial charge is 0.0885 e. The van der Waals surface area contributed by atoms with Crippen molar-refractivity contribution in [2.75, 3.05) is 13.6 Å². The molecule has 0 aliphatic heterocycles. The van der Waals surface area contributed by atoms with Crippen LogP contribution < -0.4 is 0 Å². The number of quaternary nitrogens is 1. The quantitative estimate of drug-likeness (QED) is 0.487. The molecule has 0 heterocycles. The molecule has 0 spiro atoms. The largest absolute Gasteiger partial charge is 0.633 e. The molecule has 1 rings (SSSR count). The van der Waals surface area contributed by atoms with Crippen molar-refractivity contribution in [3.8, 4) is 0 Å². The highest BCUT2D eigenvalue weighted by Crippen LogP contribution is 2.26. The molecule has 0 aromatic rings. The molecule has 0 radical (unpaired) electrons. The summed E-state index contributed by atoms with van der Waals surface area (Å²) in [5, 5.41) is 12.2. The van der Waals surface area contributed by atoms with E-state index in [4.69, 9.17) is 0 Å². The van der Waals surface area contributed by atoms with Gasteiger partial charge in [0.05, 0.1) is 19.6 Å². The average molecular weight is 185 g/mol. The van der Waals surface area contributed by atoms with Gasteiger partial charge >= 0.3 is 0 Å². The van der Waals surface area contributed by atoms with Crippen molar-refractivity contribution in [3.05, 3.63) is 5.21 Å². The maximum atomic E-state index is 12.2. The molecule has 1 aliphatic carbocycles. The van der Waals surface area contributed by atoms with Crippen LogP contribution in [0.25, 0.3) is 0 Å². The second-order valence-corrected chi connectivity index (χ2v) is 4.54. The summed E-state index contributed by atoms with van der Waals surface area (Å²) >= 11 is 0. The first kappa shape index (κ1) is 11.0. The summed E-state index contributed by atoms with van der Waals surface area (Å²) in [7, 11) is 1.87. The molecule has 2 nitrogen and oxygen atoms in total. The van der Waals surface area contributed by atoms with Crippen molar-refractivity contribution in [2.24, 2.45) is 0 Å². The maximum absolute atomic E-state index is 12.2. The van der Waals surface area contributed by atoms with Crippen molar-refractivity contribution in [2.45, 2.75) is 57.9 Å². The van der Waals surface area contributed by atoms with Gasteiger partial charge in [-0.25, -0.2) is 0 Å². The highest BCUT2D eigenvalue weighted by Gasteiger charge is 2.25. The summed E-state index contributed by atoms with van der Waals surface area (Å²) in [5.74, 6) is 0. The minimum absolute atomic E-state index is 0.0217. The monoisotopic (exact) mass is 185 g/mol. The van der Waals surface area contributed by atoms with Crippen molar-refractivity contribution in [3.63, 3.8) is 0 Å². The summed E-state index contributed by atoms with van der Waals surface area (Å²) in [6.45, 7) is 2.97. The van der Waals surface area contributed by atoms with Gasteiger partial charge in [0.15, 0.2) is 0 Å². The molecule has 78 valence electrons. The van der Waals surface area contributed by atoms with Crippen LogP contribution in [0.5, 0.6) is 0 Å². The van der Waals surface area contributed by atoms with Crippen LogP contribution in [0.15, 0.2) is 0 Å². The fourth-order valence-corrected chi connectivity index (χ4v) is 2.28. The van der Waals surface area contributed by atoms with E-state index < -0.39 is 0 Å². The Hall–Kier alpha value is -0.0800. The van der Waals surface area contributed by atoms with Crippen LogP contribution in [0.3, 0.4) is 0 Å². The van der Waals surface area contributed by atoms with Crippen molar-refractivity contribution in [1.82, 2.24) is 0 Å². The normalized spacial score (nSPS) is 24.2. The van der Waals surface area contributed by atoms with Crippen LogP contribution in [-0.4, -0.2) is 24.3 Å². The van der Waals surface area contributed by atoms with Crippen molar-refractivity contribution in [1.29, 1.82) is 0 Å². The number of hydrogen-bond acceptors (Lipinski definition) is 1. The molecular weight excluding hydrogens is 162 g/mol. The molecule has 0 aromatic heterocycles. The summed E-state index contributed by atoms with van der Waals surface area (Å²) in [6.07, 6.45) is 8.41. The molecular formula is C11H23NO. The predicted octanol–water partition coefficient (Wildman–Crippen LogP) is 3.06. The van der Waals surface area contributed by atoms with E-state index in [1.54, 1.807) is 0 Å². The van der Waals surface area contributed by atoms with Gasteiger partial charge in [0.25, 0.3) is 0 Å². The van der Waals surface area contributed by atoms with Gasteiger partial charge in [-0.15, -0.1) is 0 Å². The third kappa shape index (κ3) is 3.28. The number of unbranched alkanes of at least 4 members (excludes halogenated alkanes) is 1. The van der Waals surface area contributed by atoms with Gasteiger partial charge in [0, 0.05) is 0 Å². The van der Waals surface area contributed by atoms with Crippen LogP contribution in [0.1, 0.15) is 51.9 Å². The third-order valence-corrected chi connectivity index (χ3v) is 3.30. The van der Waals surface area contributed by atoms with Crippen LogP contribution in [0.4, 0.5) is 0 Å². The van der Waals surface area contributed by atoms with Gasteiger partial charge in [0.1, 0.15) is 0 Å². The highest BCUT2D eigenvalue weighted by molar-refractivity contribution is 4.66. The lowest BCUT2D eigenvalue weighted by atomic mass is 9.94. The predicted molar refractivity (Wildman–Crippen MR) is 56.2 cm³/mol. The topological polar surface area (TPSA) is 23.1 Å². The molecule has 1 atom stereocenters. The first-order chi connectivity index (χ1) is 6.17. The lowest BCUT2D eigenvalue weighted by molar-refractivity contribution is -0.888. The number of rotatable bonds is 4. The van der Waals surface area contributed by atoms with E-state index in [0.717, 1.165) is 32.2 Å². The number of hydrogen-bond donors (Lipinski definition) is 0. The standard InChI is InChI=1S/C11H23NO/c1-3-4-10-12(2,13)11-8-6-5-7-9-11/h11H,3-10H2,1-2H3. The lowest BCUT2D eigenvalue weighted by Crippen LogP contribution is -2.48.